The predicted molar refractivity (Wildman–Crippen MR) is 67.3 cm³/mol. The Bertz CT molecular complexity index is 405. The van der Waals surface area contributed by atoms with Crippen LogP contribution in [0, 0.1) is 0 Å². The molecule has 5 N–H and O–H groups in total. The van der Waals surface area contributed by atoms with Gasteiger partial charge in [-0.2, -0.15) is 0 Å². The van der Waals surface area contributed by atoms with Gasteiger partial charge in [0, 0.05) is 12.2 Å². The van der Waals surface area contributed by atoms with E-state index < -0.39 is 6.03 Å². The van der Waals surface area contributed by atoms with E-state index in [2.05, 4.69) is 21.3 Å². The Morgan fingerprint density at radius 1 is 1.06 bits per heavy atom. The molecule has 0 saturated heterocycles. The zero-order chi connectivity index (χ0) is 13.4. The lowest BCUT2D eigenvalue weighted by atomic mass is 10.3. The van der Waals surface area contributed by atoms with Crippen molar-refractivity contribution >= 4 is 17.7 Å². The van der Waals surface area contributed by atoms with Gasteiger partial charge in [-0.1, -0.05) is 0 Å². The van der Waals surface area contributed by atoms with Gasteiger partial charge in [-0.3, -0.25) is 0 Å². The topological polar surface area (TPSA) is 102 Å². The van der Waals surface area contributed by atoms with Gasteiger partial charge in [0.15, 0.2) is 0 Å². The number of hydrogen-bond donors (Lipinski definition) is 5. The second-order valence-corrected chi connectivity index (χ2v) is 3.39. The zero-order valence-electron chi connectivity index (χ0n) is 9.99. The summed E-state index contributed by atoms with van der Waals surface area (Å²) < 4.78 is 0. The summed E-state index contributed by atoms with van der Waals surface area (Å²) in [6, 6.07) is 5.25. The molecule has 7 nitrogen and oxygen atoms in total. The molecule has 0 saturated carbocycles. The van der Waals surface area contributed by atoms with Crippen LogP contribution in [-0.2, 0) is 0 Å². The zero-order valence-corrected chi connectivity index (χ0v) is 9.99. The highest BCUT2D eigenvalue weighted by Crippen LogP contribution is 2.13. The maximum Gasteiger partial charge on any atom is 0.320 e. The minimum Gasteiger partial charge on any atom is -0.508 e. The van der Waals surface area contributed by atoms with Gasteiger partial charge in [0.25, 0.3) is 0 Å². The molecule has 1 aromatic rings. The van der Waals surface area contributed by atoms with E-state index in [1.807, 2.05) is 0 Å². The minimum absolute atomic E-state index is 0.0236. The number of phenols is 1. The Kier molecular flexibility index (Phi) is 5.30. The smallest absolute Gasteiger partial charge is 0.320 e. The summed E-state index contributed by atoms with van der Waals surface area (Å²) in [5.41, 5.74) is 0.545. The Hall–Kier alpha value is -2.44. The van der Waals surface area contributed by atoms with Crippen LogP contribution in [0.4, 0.5) is 15.3 Å². The molecule has 0 spiro atoms. The molecule has 0 atom stereocenters. The minimum atomic E-state index is -0.447. The lowest BCUT2D eigenvalue weighted by molar-refractivity contribution is 0.238. The van der Waals surface area contributed by atoms with Gasteiger partial charge < -0.3 is 26.4 Å². The van der Waals surface area contributed by atoms with E-state index in [0.29, 0.717) is 12.2 Å². The van der Waals surface area contributed by atoms with E-state index in [-0.39, 0.29) is 18.4 Å². The first kappa shape index (κ1) is 13.6. The van der Waals surface area contributed by atoms with Crippen LogP contribution in [0.3, 0.4) is 0 Å². The van der Waals surface area contributed by atoms with Crippen molar-refractivity contribution in [3.05, 3.63) is 24.3 Å². The summed E-state index contributed by atoms with van der Waals surface area (Å²) in [7, 11) is 0. The SMILES string of the molecule is CCNC(=O)NCNC(=O)Nc1ccc(O)cc1. The van der Waals surface area contributed by atoms with E-state index in [9.17, 15) is 9.59 Å². The summed E-state index contributed by atoms with van der Waals surface area (Å²) >= 11 is 0. The van der Waals surface area contributed by atoms with Gasteiger partial charge in [-0.25, -0.2) is 9.59 Å². The molecule has 18 heavy (non-hydrogen) atoms. The second-order valence-electron chi connectivity index (χ2n) is 3.39. The van der Waals surface area contributed by atoms with E-state index >= 15 is 0 Å². The Morgan fingerprint density at radius 3 is 2.28 bits per heavy atom. The van der Waals surface area contributed by atoms with Crippen molar-refractivity contribution in [1.29, 1.82) is 0 Å². The number of carbonyl (C=O) groups is 2. The lowest BCUT2D eigenvalue weighted by Gasteiger charge is -2.09. The molecule has 98 valence electrons. The molecular weight excluding hydrogens is 236 g/mol. The number of carbonyl (C=O) groups excluding carboxylic acids is 2. The summed E-state index contributed by atoms with van der Waals surface area (Å²) in [5.74, 6) is 0.124. The highest BCUT2D eigenvalue weighted by molar-refractivity contribution is 5.89. The van der Waals surface area contributed by atoms with Crippen LogP contribution in [-0.4, -0.2) is 30.4 Å². The monoisotopic (exact) mass is 252 g/mol. The molecule has 4 amide bonds. The number of phenolic OH excluding ortho intramolecular Hbond substituents is 1. The molecule has 0 aromatic heterocycles. The van der Waals surface area contributed by atoms with Crippen molar-refractivity contribution in [2.45, 2.75) is 6.92 Å². The first-order valence-electron chi connectivity index (χ1n) is 5.47. The number of rotatable bonds is 4. The van der Waals surface area contributed by atoms with E-state index in [1.54, 1.807) is 19.1 Å². The fourth-order valence-corrected chi connectivity index (χ4v) is 1.15. The summed E-state index contributed by atoms with van der Waals surface area (Å²) in [5, 5.41) is 19.0. The fourth-order valence-electron chi connectivity index (χ4n) is 1.15. The van der Waals surface area contributed by atoms with Crippen LogP contribution in [0.2, 0.25) is 0 Å². The quantitative estimate of drug-likeness (QED) is 0.404. The van der Waals surface area contributed by atoms with E-state index in [1.165, 1.54) is 12.1 Å². The molecule has 0 heterocycles. The van der Waals surface area contributed by atoms with E-state index in [0.717, 1.165) is 0 Å². The molecule has 1 aromatic carbocycles. The van der Waals surface area contributed by atoms with Crippen LogP contribution < -0.4 is 21.3 Å². The molecule has 0 unspecified atom stereocenters. The van der Waals surface area contributed by atoms with Crippen molar-refractivity contribution in [3.8, 4) is 5.75 Å². The van der Waals surface area contributed by atoms with Crippen molar-refractivity contribution in [1.82, 2.24) is 16.0 Å². The highest BCUT2D eigenvalue weighted by atomic mass is 16.3. The number of nitrogens with one attached hydrogen (secondary N) is 4. The number of anilines is 1. The van der Waals surface area contributed by atoms with Gasteiger partial charge in [0.05, 0.1) is 6.67 Å². The van der Waals surface area contributed by atoms with Crippen LogP contribution in [0.5, 0.6) is 5.75 Å². The lowest BCUT2D eigenvalue weighted by Crippen LogP contribution is -2.43. The molecule has 0 aliphatic rings. The van der Waals surface area contributed by atoms with Crippen LogP contribution >= 0.6 is 0 Å². The largest absolute Gasteiger partial charge is 0.508 e. The molecule has 0 aliphatic carbocycles. The summed E-state index contributed by atoms with van der Waals surface area (Å²) in [6.45, 7) is 2.34. The molecule has 0 aliphatic heterocycles. The second kappa shape index (κ2) is 7.00. The fraction of sp³-hybridized carbons (Fsp3) is 0.273. The molecular formula is C11H16N4O3. The maximum atomic E-state index is 11.4. The third-order valence-electron chi connectivity index (χ3n) is 1.96. The van der Waals surface area contributed by atoms with Gasteiger partial charge >= 0.3 is 12.1 Å². The maximum absolute atomic E-state index is 11.4. The van der Waals surface area contributed by atoms with Crippen molar-refractivity contribution in [2.24, 2.45) is 0 Å². The first-order valence-corrected chi connectivity index (χ1v) is 5.47. The summed E-state index contributed by atoms with van der Waals surface area (Å²) in [6.07, 6.45) is 0. The summed E-state index contributed by atoms with van der Waals surface area (Å²) in [4.78, 5) is 22.4. The number of amides is 4. The third kappa shape index (κ3) is 5.06. The van der Waals surface area contributed by atoms with Crippen LogP contribution in [0.15, 0.2) is 24.3 Å². The molecule has 0 bridgehead atoms. The first-order chi connectivity index (χ1) is 8.61. The van der Waals surface area contributed by atoms with Gasteiger partial charge in [0.2, 0.25) is 0 Å². The molecule has 0 radical (unpaired) electrons. The molecule has 7 heteroatoms. The Labute approximate surface area is 105 Å². The van der Waals surface area contributed by atoms with Crippen LogP contribution in [0.25, 0.3) is 0 Å². The van der Waals surface area contributed by atoms with Crippen LogP contribution in [0.1, 0.15) is 6.92 Å². The number of urea groups is 2. The third-order valence-corrected chi connectivity index (χ3v) is 1.96. The average Bonchev–Trinajstić information content (AvgIpc) is 2.32. The Balaban J connectivity index is 2.25. The van der Waals surface area contributed by atoms with Crippen molar-refractivity contribution < 1.29 is 14.7 Å². The van der Waals surface area contributed by atoms with Crippen molar-refractivity contribution in [2.75, 3.05) is 18.5 Å². The molecule has 1 rings (SSSR count). The van der Waals surface area contributed by atoms with Gasteiger partial charge in [0.1, 0.15) is 5.75 Å². The average molecular weight is 252 g/mol. The number of aromatic hydroxyl groups is 1. The predicted octanol–water partition coefficient (Wildman–Crippen LogP) is 0.790. The highest BCUT2D eigenvalue weighted by Gasteiger charge is 2.02. The van der Waals surface area contributed by atoms with Crippen molar-refractivity contribution in [3.63, 3.8) is 0 Å². The normalized spacial score (nSPS) is 9.39. The standard InChI is InChI=1S/C11H16N4O3/c1-2-12-10(17)13-7-14-11(18)15-8-3-5-9(16)6-4-8/h3-6,16H,2,7H2,1H3,(H2,12,13,17)(H2,14,15,18). The van der Waals surface area contributed by atoms with Gasteiger partial charge in [-0.05, 0) is 31.2 Å². The Morgan fingerprint density at radius 2 is 1.67 bits per heavy atom. The van der Waals surface area contributed by atoms with Gasteiger partial charge in [-0.15, -0.1) is 0 Å². The van der Waals surface area contributed by atoms with E-state index in [4.69, 9.17) is 5.11 Å². The number of hydrogen-bond acceptors (Lipinski definition) is 3. The number of benzene rings is 1. The molecule has 0 fully saturated rings.